The highest BCUT2D eigenvalue weighted by Crippen LogP contribution is 2.10. The number of benzene rings is 1. The summed E-state index contributed by atoms with van der Waals surface area (Å²) in [4.78, 5) is 18.4. The number of aromatic nitrogens is 1. The smallest absolute Gasteiger partial charge is 0.269 e. The van der Waals surface area contributed by atoms with E-state index in [-0.39, 0.29) is 12.0 Å². The Morgan fingerprint density at radius 3 is 2.83 bits per heavy atom. The number of pyridine rings is 1. The van der Waals surface area contributed by atoms with Gasteiger partial charge in [0.1, 0.15) is 5.69 Å². The number of nitrogens with one attached hydrogen (secondary N) is 1. The van der Waals surface area contributed by atoms with Gasteiger partial charge < -0.3 is 10.1 Å². The zero-order valence-corrected chi connectivity index (χ0v) is 13.0. The molecule has 1 atom stereocenters. The lowest BCUT2D eigenvalue weighted by molar-refractivity contribution is -0.0292. The van der Waals surface area contributed by atoms with Crippen molar-refractivity contribution in [3.63, 3.8) is 0 Å². The molecule has 3 rings (SSSR count). The van der Waals surface area contributed by atoms with Crippen molar-refractivity contribution in [1.82, 2.24) is 15.2 Å². The lowest BCUT2D eigenvalue weighted by Gasteiger charge is -2.33. The lowest BCUT2D eigenvalue weighted by atomic mass is 10.2. The molecule has 1 aromatic carbocycles. The van der Waals surface area contributed by atoms with Gasteiger partial charge in [0.2, 0.25) is 0 Å². The number of carbonyl (C=O) groups excluding carboxylic acids is 1. The minimum absolute atomic E-state index is 0.0140. The summed E-state index contributed by atoms with van der Waals surface area (Å²) in [5, 5.41) is 2.90. The van der Waals surface area contributed by atoms with Gasteiger partial charge in [-0.2, -0.15) is 0 Å². The van der Waals surface area contributed by atoms with Crippen LogP contribution in [0, 0.1) is 0 Å². The third-order valence-electron chi connectivity index (χ3n) is 3.86. The fraction of sp³-hybridized carbons (Fsp3) is 0.333. The topological polar surface area (TPSA) is 54.5 Å². The van der Waals surface area contributed by atoms with E-state index < -0.39 is 0 Å². The molecule has 0 aliphatic carbocycles. The van der Waals surface area contributed by atoms with E-state index in [0.717, 1.165) is 19.6 Å². The van der Waals surface area contributed by atoms with E-state index in [9.17, 15) is 4.79 Å². The molecule has 120 valence electrons. The summed E-state index contributed by atoms with van der Waals surface area (Å²) in [6.07, 6.45) is 1.63. The van der Waals surface area contributed by atoms with Crippen LogP contribution >= 0.6 is 0 Å². The molecule has 0 saturated carbocycles. The summed E-state index contributed by atoms with van der Waals surface area (Å²) in [7, 11) is 0. The van der Waals surface area contributed by atoms with E-state index in [4.69, 9.17) is 4.74 Å². The minimum atomic E-state index is -0.158. The van der Waals surface area contributed by atoms with E-state index in [2.05, 4.69) is 39.5 Å². The van der Waals surface area contributed by atoms with Gasteiger partial charge in [0.25, 0.3) is 5.91 Å². The van der Waals surface area contributed by atoms with Crippen LogP contribution in [0.3, 0.4) is 0 Å². The third kappa shape index (κ3) is 4.61. The predicted molar refractivity (Wildman–Crippen MR) is 88.0 cm³/mol. The predicted octanol–water partition coefficient (Wildman–Crippen LogP) is 1.71. The van der Waals surface area contributed by atoms with Crippen molar-refractivity contribution < 1.29 is 9.53 Å². The molecular weight excluding hydrogens is 290 g/mol. The average Bonchev–Trinajstić information content (AvgIpc) is 2.62. The molecule has 0 bridgehead atoms. The fourth-order valence-electron chi connectivity index (χ4n) is 2.68. The zero-order chi connectivity index (χ0) is 15.9. The highest BCUT2D eigenvalue weighted by atomic mass is 16.5. The molecule has 2 aromatic rings. The van der Waals surface area contributed by atoms with Gasteiger partial charge in [0.05, 0.1) is 12.7 Å². The van der Waals surface area contributed by atoms with Crippen LogP contribution in [0.25, 0.3) is 0 Å². The monoisotopic (exact) mass is 311 g/mol. The van der Waals surface area contributed by atoms with Crippen molar-refractivity contribution in [1.29, 1.82) is 0 Å². The number of morpholine rings is 1. The van der Waals surface area contributed by atoms with Gasteiger partial charge in [0, 0.05) is 32.4 Å². The van der Waals surface area contributed by atoms with Crippen molar-refractivity contribution in [2.24, 2.45) is 0 Å². The largest absolute Gasteiger partial charge is 0.374 e. The Hall–Kier alpha value is -2.24. The number of hydrogen-bond donors (Lipinski definition) is 1. The Balaban J connectivity index is 1.48. The van der Waals surface area contributed by atoms with Crippen LogP contribution in [0.15, 0.2) is 54.7 Å². The Labute approximate surface area is 136 Å². The van der Waals surface area contributed by atoms with Crippen LogP contribution in [0.1, 0.15) is 16.1 Å². The second-order valence-corrected chi connectivity index (χ2v) is 5.64. The Kier molecular flexibility index (Phi) is 5.34. The first-order chi connectivity index (χ1) is 11.3. The summed E-state index contributed by atoms with van der Waals surface area (Å²) >= 11 is 0. The van der Waals surface area contributed by atoms with Crippen LogP contribution in [0.5, 0.6) is 0 Å². The van der Waals surface area contributed by atoms with Crippen molar-refractivity contribution in [2.45, 2.75) is 12.6 Å². The molecule has 2 heterocycles. The number of hydrogen-bond acceptors (Lipinski definition) is 4. The Bertz CT molecular complexity index is 619. The van der Waals surface area contributed by atoms with Crippen molar-refractivity contribution in [2.75, 3.05) is 26.2 Å². The highest BCUT2D eigenvalue weighted by Gasteiger charge is 2.21. The molecule has 0 spiro atoms. The molecular formula is C18H21N3O2. The van der Waals surface area contributed by atoms with Gasteiger partial charge in [-0.05, 0) is 17.7 Å². The molecule has 5 heteroatoms. The molecule has 23 heavy (non-hydrogen) atoms. The molecule has 1 saturated heterocycles. The molecule has 1 unspecified atom stereocenters. The normalized spacial score (nSPS) is 18.5. The lowest BCUT2D eigenvalue weighted by Crippen LogP contribution is -2.47. The van der Waals surface area contributed by atoms with Gasteiger partial charge >= 0.3 is 0 Å². The van der Waals surface area contributed by atoms with E-state index in [1.165, 1.54) is 5.56 Å². The summed E-state index contributed by atoms with van der Waals surface area (Å²) < 4.78 is 5.76. The molecule has 5 nitrogen and oxygen atoms in total. The van der Waals surface area contributed by atoms with Gasteiger partial charge in [-0.3, -0.25) is 14.7 Å². The first-order valence-corrected chi connectivity index (χ1v) is 7.88. The van der Waals surface area contributed by atoms with Crippen LogP contribution in [0.4, 0.5) is 0 Å². The van der Waals surface area contributed by atoms with E-state index in [0.29, 0.717) is 18.8 Å². The fourth-order valence-corrected chi connectivity index (χ4v) is 2.68. The van der Waals surface area contributed by atoms with E-state index >= 15 is 0 Å². The number of rotatable bonds is 5. The van der Waals surface area contributed by atoms with E-state index in [1.54, 1.807) is 24.4 Å². The van der Waals surface area contributed by atoms with Crippen molar-refractivity contribution in [3.8, 4) is 0 Å². The summed E-state index contributed by atoms with van der Waals surface area (Å²) in [5.74, 6) is -0.158. The number of carbonyl (C=O) groups is 1. The van der Waals surface area contributed by atoms with Gasteiger partial charge in [0.15, 0.2) is 0 Å². The maximum atomic E-state index is 12.0. The molecule has 1 amide bonds. The maximum absolute atomic E-state index is 12.0. The SMILES string of the molecule is O=C(NCC1CN(Cc2ccccc2)CCO1)c1ccccn1. The number of ether oxygens (including phenoxy) is 1. The standard InChI is InChI=1S/C18H21N3O2/c22-18(17-8-4-5-9-19-17)20-12-16-14-21(10-11-23-16)13-15-6-2-1-3-7-15/h1-9,16H,10-14H2,(H,20,22). The molecule has 1 aliphatic heterocycles. The minimum Gasteiger partial charge on any atom is -0.374 e. The quantitative estimate of drug-likeness (QED) is 0.913. The third-order valence-corrected chi connectivity index (χ3v) is 3.86. The molecule has 0 radical (unpaired) electrons. The van der Waals surface area contributed by atoms with Crippen LogP contribution < -0.4 is 5.32 Å². The zero-order valence-electron chi connectivity index (χ0n) is 13.0. The number of amides is 1. The van der Waals surface area contributed by atoms with Crippen LogP contribution in [-0.2, 0) is 11.3 Å². The second-order valence-electron chi connectivity index (χ2n) is 5.64. The Morgan fingerprint density at radius 2 is 2.04 bits per heavy atom. The van der Waals surface area contributed by atoms with Gasteiger partial charge in [-0.1, -0.05) is 36.4 Å². The van der Waals surface area contributed by atoms with Gasteiger partial charge in [-0.25, -0.2) is 0 Å². The van der Waals surface area contributed by atoms with E-state index in [1.807, 2.05) is 6.07 Å². The first kappa shape index (κ1) is 15.6. The van der Waals surface area contributed by atoms with Crippen LogP contribution in [-0.4, -0.2) is 48.1 Å². The maximum Gasteiger partial charge on any atom is 0.269 e. The molecule has 1 fully saturated rings. The molecule has 1 aliphatic rings. The average molecular weight is 311 g/mol. The second kappa shape index (κ2) is 7.85. The summed E-state index contributed by atoms with van der Waals surface area (Å²) in [6, 6.07) is 15.7. The summed E-state index contributed by atoms with van der Waals surface area (Å²) in [6.45, 7) is 3.84. The Morgan fingerprint density at radius 1 is 1.22 bits per heavy atom. The first-order valence-electron chi connectivity index (χ1n) is 7.88. The summed E-state index contributed by atoms with van der Waals surface area (Å²) in [5.41, 5.74) is 1.73. The molecule has 1 aromatic heterocycles. The van der Waals surface area contributed by atoms with Crippen molar-refractivity contribution >= 4 is 5.91 Å². The van der Waals surface area contributed by atoms with Crippen molar-refractivity contribution in [3.05, 3.63) is 66.0 Å². The highest BCUT2D eigenvalue weighted by molar-refractivity contribution is 5.92. The molecule has 1 N–H and O–H groups in total. The van der Waals surface area contributed by atoms with Crippen LogP contribution in [0.2, 0.25) is 0 Å². The number of nitrogens with zero attached hydrogens (tertiary/aromatic N) is 2. The van der Waals surface area contributed by atoms with Gasteiger partial charge in [-0.15, -0.1) is 0 Å².